The van der Waals surface area contributed by atoms with Crippen molar-refractivity contribution in [3.63, 3.8) is 0 Å². The van der Waals surface area contributed by atoms with Crippen LogP contribution in [-0.4, -0.2) is 49.4 Å². The number of rotatable bonds is 5. The van der Waals surface area contributed by atoms with Crippen LogP contribution in [0.5, 0.6) is 5.75 Å². The van der Waals surface area contributed by atoms with Crippen molar-refractivity contribution in [2.45, 2.75) is 13.5 Å². The van der Waals surface area contributed by atoms with Crippen LogP contribution in [0.4, 0.5) is 16.3 Å². The Hall–Kier alpha value is -2.87. The maximum Gasteiger partial charge on any atom is 0.319 e. The second-order valence-corrected chi connectivity index (χ2v) is 5.89. The highest BCUT2D eigenvalue weighted by molar-refractivity contribution is 5.90. The van der Waals surface area contributed by atoms with Crippen LogP contribution in [0.2, 0.25) is 0 Å². The fraction of sp³-hybridized carbons (Fsp3) is 0.389. The lowest BCUT2D eigenvalue weighted by molar-refractivity contribution is 0.122. The number of amides is 2. The van der Waals surface area contributed by atoms with Gasteiger partial charge in [-0.1, -0.05) is 12.1 Å². The molecule has 2 aromatic rings. The fourth-order valence-corrected chi connectivity index (χ4v) is 2.72. The van der Waals surface area contributed by atoms with Crippen molar-refractivity contribution in [2.24, 2.45) is 0 Å². The van der Waals surface area contributed by atoms with E-state index in [1.807, 2.05) is 25.1 Å². The minimum Gasteiger partial charge on any atom is -0.495 e. The van der Waals surface area contributed by atoms with Gasteiger partial charge < -0.3 is 25.0 Å². The number of anilines is 2. The lowest BCUT2D eigenvalue weighted by Gasteiger charge is -2.28. The van der Waals surface area contributed by atoms with Crippen LogP contribution in [0, 0.1) is 6.92 Å². The number of aryl methyl sites for hydroxylation is 1. The van der Waals surface area contributed by atoms with Gasteiger partial charge in [0, 0.05) is 24.8 Å². The molecule has 8 nitrogen and oxygen atoms in total. The summed E-state index contributed by atoms with van der Waals surface area (Å²) in [6.45, 7) is 5.15. The van der Waals surface area contributed by atoms with Crippen molar-refractivity contribution >= 4 is 17.5 Å². The average Bonchev–Trinajstić information content (AvgIpc) is 2.67. The Morgan fingerprint density at radius 2 is 2.04 bits per heavy atom. The molecule has 26 heavy (non-hydrogen) atoms. The number of ether oxygens (including phenoxy) is 2. The maximum absolute atomic E-state index is 12.2. The topological polar surface area (TPSA) is 88.6 Å². The summed E-state index contributed by atoms with van der Waals surface area (Å²) in [7, 11) is 1.56. The van der Waals surface area contributed by atoms with E-state index >= 15 is 0 Å². The molecule has 1 fully saturated rings. The fourth-order valence-electron chi connectivity index (χ4n) is 2.72. The van der Waals surface area contributed by atoms with Gasteiger partial charge in [-0.2, -0.15) is 0 Å². The van der Waals surface area contributed by atoms with Crippen LogP contribution in [0.1, 0.15) is 11.5 Å². The predicted octanol–water partition coefficient (Wildman–Crippen LogP) is 1.95. The van der Waals surface area contributed by atoms with Crippen LogP contribution >= 0.6 is 0 Å². The Morgan fingerprint density at radius 1 is 1.27 bits per heavy atom. The van der Waals surface area contributed by atoms with Crippen molar-refractivity contribution in [2.75, 3.05) is 43.6 Å². The number of benzene rings is 1. The highest BCUT2D eigenvalue weighted by Gasteiger charge is 2.14. The molecule has 0 spiro atoms. The number of carbonyl (C=O) groups is 1. The maximum atomic E-state index is 12.2. The molecule has 0 bridgehead atoms. The van der Waals surface area contributed by atoms with Gasteiger partial charge in [0.05, 0.1) is 32.6 Å². The zero-order chi connectivity index (χ0) is 18.4. The number of aromatic nitrogens is 2. The van der Waals surface area contributed by atoms with Crippen molar-refractivity contribution in [3.05, 3.63) is 41.9 Å². The molecule has 0 unspecified atom stereocenters. The third kappa shape index (κ3) is 4.60. The van der Waals surface area contributed by atoms with Crippen molar-refractivity contribution in [1.29, 1.82) is 0 Å². The zero-order valence-corrected chi connectivity index (χ0v) is 15.0. The molecule has 1 saturated heterocycles. The molecule has 8 heteroatoms. The molecular weight excluding hydrogens is 334 g/mol. The highest BCUT2D eigenvalue weighted by atomic mass is 16.5. The first kappa shape index (κ1) is 17.9. The quantitative estimate of drug-likeness (QED) is 0.850. The number of para-hydroxylation sites is 2. The summed E-state index contributed by atoms with van der Waals surface area (Å²) in [5.41, 5.74) is 1.47. The first-order valence-electron chi connectivity index (χ1n) is 8.51. The third-order valence-corrected chi connectivity index (χ3v) is 3.98. The molecule has 138 valence electrons. The number of hydrogen-bond donors (Lipinski definition) is 2. The van der Waals surface area contributed by atoms with Crippen LogP contribution in [0.3, 0.4) is 0 Å². The molecule has 2 N–H and O–H groups in total. The van der Waals surface area contributed by atoms with Gasteiger partial charge in [0.15, 0.2) is 0 Å². The minimum atomic E-state index is -0.340. The van der Waals surface area contributed by atoms with Gasteiger partial charge in [0.1, 0.15) is 17.4 Å². The summed E-state index contributed by atoms with van der Waals surface area (Å²) in [6.07, 6.45) is 0. The largest absolute Gasteiger partial charge is 0.495 e. The van der Waals surface area contributed by atoms with Gasteiger partial charge in [-0.05, 0) is 19.1 Å². The molecule has 1 aliphatic heterocycles. The standard InChI is InChI=1S/C18H23N5O3/c1-13-11-17(23-7-9-26-10-8-23)22-16(20-13)12-19-18(24)21-14-5-3-4-6-15(14)25-2/h3-6,11H,7-10,12H2,1-2H3,(H2,19,21,24). The number of nitrogens with zero attached hydrogens (tertiary/aromatic N) is 3. The first-order valence-corrected chi connectivity index (χ1v) is 8.51. The Balaban J connectivity index is 1.62. The van der Waals surface area contributed by atoms with Gasteiger partial charge in [-0.25, -0.2) is 14.8 Å². The Kier molecular flexibility index (Phi) is 5.85. The van der Waals surface area contributed by atoms with Gasteiger partial charge >= 0.3 is 6.03 Å². The van der Waals surface area contributed by atoms with Crippen molar-refractivity contribution < 1.29 is 14.3 Å². The number of hydrogen-bond acceptors (Lipinski definition) is 6. The van der Waals surface area contributed by atoms with Gasteiger partial charge in [-0.3, -0.25) is 0 Å². The Bertz CT molecular complexity index is 762. The zero-order valence-electron chi connectivity index (χ0n) is 15.0. The van der Waals surface area contributed by atoms with E-state index in [4.69, 9.17) is 9.47 Å². The molecule has 3 rings (SSSR count). The highest BCUT2D eigenvalue weighted by Crippen LogP contribution is 2.22. The van der Waals surface area contributed by atoms with E-state index in [0.29, 0.717) is 30.5 Å². The Labute approximate surface area is 152 Å². The molecule has 1 aromatic carbocycles. The van der Waals surface area contributed by atoms with E-state index in [1.165, 1.54) is 0 Å². The van der Waals surface area contributed by atoms with E-state index in [2.05, 4.69) is 25.5 Å². The van der Waals surface area contributed by atoms with E-state index in [1.54, 1.807) is 19.2 Å². The molecule has 0 saturated carbocycles. The van der Waals surface area contributed by atoms with Gasteiger partial charge in [0.25, 0.3) is 0 Å². The lowest BCUT2D eigenvalue weighted by Crippen LogP contribution is -2.37. The van der Waals surface area contributed by atoms with E-state index < -0.39 is 0 Å². The second-order valence-electron chi connectivity index (χ2n) is 5.89. The minimum absolute atomic E-state index is 0.236. The number of methoxy groups -OCH3 is 1. The molecule has 1 aromatic heterocycles. The SMILES string of the molecule is COc1ccccc1NC(=O)NCc1nc(C)cc(N2CCOCC2)n1. The lowest BCUT2D eigenvalue weighted by atomic mass is 10.3. The summed E-state index contributed by atoms with van der Waals surface area (Å²) < 4.78 is 10.6. The molecule has 2 heterocycles. The molecule has 0 aliphatic carbocycles. The summed E-state index contributed by atoms with van der Waals surface area (Å²) in [5.74, 6) is 2.04. The van der Waals surface area contributed by atoms with Crippen molar-refractivity contribution in [3.8, 4) is 5.75 Å². The molecular formula is C18H23N5O3. The van der Waals surface area contributed by atoms with Gasteiger partial charge in [0.2, 0.25) is 0 Å². The summed E-state index contributed by atoms with van der Waals surface area (Å²) in [4.78, 5) is 23.3. The van der Waals surface area contributed by atoms with Crippen molar-refractivity contribution in [1.82, 2.24) is 15.3 Å². The smallest absolute Gasteiger partial charge is 0.319 e. The Morgan fingerprint density at radius 3 is 2.81 bits per heavy atom. The number of nitrogens with one attached hydrogen (secondary N) is 2. The summed E-state index contributed by atoms with van der Waals surface area (Å²) in [6, 6.07) is 8.84. The van der Waals surface area contributed by atoms with E-state index in [0.717, 1.165) is 24.6 Å². The predicted molar refractivity (Wildman–Crippen MR) is 98.7 cm³/mol. The number of morpholine rings is 1. The number of urea groups is 1. The van der Waals surface area contributed by atoms with Crippen LogP contribution < -0.4 is 20.3 Å². The third-order valence-electron chi connectivity index (χ3n) is 3.98. The van der Waals surface area contributed by atoms with Crippen LogP contribution in [-0.2, 0) is 11.3 Å². The molecule has 1 aliphatic rings. The average molecular weight is 357 g/mol. The monoisotopic (exact) mass is 357 g/mol. The second kappa shape index (κ2) is 8.48. The van der Waals surface area contributed by atoms with E-state index in [9.17, 15) is 4.79 Å². The van der Waals surface area contributed by atoms with Crippen LogP contribution in [0.15, 0.2) is 30.3 Å². The van der Waals surface area contributed by atoms with Crippen LogP contribution in [0.25, 0.3) is 0 Å². The molecule has 0 radical (unpaired) electrons. The number of carbonyl (C=O) groups excluding carboxylic acids is 1. The summed E-state index contributed by atoms with van der Waals surface area (Å²) >= 11 is 0. The molecule has 0 atom stereocenters. The normalized spacial score (nSPS) is 14.0. The van der Waals surface area contributed by atoms with E-state index in [-0.39, 0.29) is 12.6 Å². The molecule has 2 amide bonds. The first-order chi connectivity index (χ1) is 12.7. The summed E-state index contributed by atoms with van der Waals surface area (Å²) in [5, 5.41) is 5.55. The van der Waals surface area contributed by atoms with Gasteiger partial charge in [-0.15, -0.1) is 0 Å².